The molecule has 176 valence electrons. The van der Waals surface area contributed by atoms with E-state index in [2.05, 4.69) is 24.3 Å². The van der Waals surface area contributed by atoms with Gasteiger partial charge in [-0.25, -0.2) is 0 Å². The highest BCUT2D eigenvalue weighted by Gasteiger charge is 2.56. The van der Waals surface area contributed by atoms with Crippen molar-refractivity contribution in [1.82, 2.24) is 20.0 Å². The Morgan fingerprint density at radius 3 is 2.67 bits per heavy atom. The van der Waals surface area contributed by atoms with Gasteiger partial charge >= 0.3 is 0 Å². The normalized spacial score (nSPS) is 30.2. The Hall–Kier alpha value is -2.94. The van der Waals surface area contributed by atoms with Gasteiger partial charge in [-0.15, -0.1) is 0 Å². The molecule has 0 bridgehead atoms. The van der Waals surface area contributed by atoms with Gasteiger partial charge in [0.1, 0.15) is 12.6 Å². The number of benzene rings is 1. The summed E-state index contributed by atoms with van der Waals surface area (Å²) in [6.07, 6.45) is 3.21. The Morgan fingerprint density at radius 1 is 1.18 bits per heavy atom. The molecule has 4 N–H and O–H groups in total. The number of nitrogens with zero attached hydrogens (tertiary/aromatic N) is 3. The van der Waals surface area contributed by atoms with E-state index in [0.717, 1.165) is 19.3 Å². The molecule has 2 aromatic rings. The van der Waals surface area contributed by atoms with Crippen molar-refractivity contribution >= 4 is 28.6 Å². The first kappa shape index (κ1) is 21.9. The van der Waals surface area contributed by atoms with Crippen LogP contribution in [0.15, 0.2) is 24.3 Å². The van der Waals surface area contributed by atoms with Crippen molar-refractivity contribution in [3.8, 4) is 0 Å². The largest absolute Gasteiger partial charge is 0.393 e. The highest BCUT2D eigenvalue weighted by Crippen LogP contribution is 2.48. The van der Waals surface area contributed by atoms with Crippen molar-refractivity contribution in [3.05, 3.63) is 30.0 Å². The number of likely N-dealkylation sites (tertiary alicyclic amines) is 1. The van der Waals surface area contributed by atoms with Crippen LogP contribution in [0.3, 0.4) is 0 Å². The van der Waals surface area contributed by atoms with E-state index in [9.17, 15) is 19.5 Å². The summed E-state index contributed by atoms with van der Waals surface area (Å²) in [5, 5.41) is 18.2. The first-order valence-electron chi connectivity index (χ1n) is 11.7. The van der Waals surface area contributed by atoms with Crippen LogP contribution in [-0.2, 0) is 16.1 Å². The van der Waals surface area contributed by atoms with E-state index in [1.165, 1.54) is 4.68 Å². The Kier molecular flexibility index (Phi) is 5.19. The number of primary amides is 1. The third kappa shape index (κ3) is 4.10. The summed E-state index contributed by atoms with van der Waals surface area (Å²) in [4.78, 5) is 40.1. The maximum absolute atomic E-state index is 13.4. The lowest BCUT2D eigenvalue weighted by Gasteiger charge is -2.39. The molecule has 3 fully saturated rings. The van der Waals surface area contributed by atoms with E-state index in [0.29, 0.717) is 29.7 Å². The summed E-state index contributed by atoms with van der Waals surface area (Å²) < 4.78 is 1.50. The number of aromatic nitrogens is 2. The summed E-state index contributed by atoms with van der Waals surface area (Å²) in [7, 11) is 0. The van der Waals surface area contributed by atoms with E-state index in [1.807, 2.05) is 6.07 Å². The minimum atomic E-state index is -0.643. The van der Waals surface area contributed by atoms with Crippen LogP contribution in [0.4, 0.5) is 0 Å². The SMILES string of the molecule is CC1(C)C[C@H](O)C[C@@H](NC(=O)[C@@H]2C[C@H]3C[C@H]3N2C(=O)Cn2nc(C(N)=O)c3ccccc32)C1. The van der Waals surface area contributed by atoms with Crippen LogP contribution in [-0.4, -0.2) is 61.7 Å². The highest BCUT2D eigenvalue weighted by atomic mass is 16.3. The van der Waals surface area contributed by atoms with Crippen molar-refractivity contribution in [2.45, 2.75) is 76.7 Å². The zero-order valence-electron chi connectivity index (χ0n) is 19.0. The molecule has 5 atom stereocenters. The fraction of sp³-hybridized carbons (Fsp3) is 0.583. The summed E-state index contributed by atoms with van der Waals surface area (Å²) in [5.41, 5.74) is 6.23. The number of carbonyl (C=O) groups is 3. The van der Waals surface area contributed by atoms with Gasteiger partial charge in [0.2, 0.25) is 11.8 Å². The minimum Gasteiger partial charge on any atom is -0.393 e. The molecule has 2 saturated carbocycles. The van der Waals surface area contributed by atoms with Gasteiger partial charge in [-0.3, -0.25) is 19.1 Å². The molecule has 0 spiro atoms. The number of aliphatic hydroxyl groups excluding tert-OH is 1. The van der Waals surface area contributed by atoms with Crippen LogP contribution in [0.5, 0.6) is 0 Å². The van der Waals surface area contributed by atoms with Gasteiger partial charge in [-0.05, 0) is 49.5 Å². The van der Waals surface area contributed by atoms with Crippen LogP contribution in [0.2, 0.25) is 0 Å². The smallest absolute Gasteiger partial charge is 0.269 e. The molecule has 3 amide bonds. The monoisotopic (exact) mass is 453 g/mol. The molecule has 2 heterocycles. The Labute approximate surface area is 192 Å². The first-order valence-corrected chi connectivity index (χ1v) is 11.7. The zero-order chi connectivity index (χ0) is 23.5. The fourth-order valence-electron chi connectivity index (χ4n) is 5.98. The number of para-hydroxylation sites is 1. The second-order valence-electron chi connectivity index (χ2n) is 10.7. The van der Waals surface area contributed by atoms with Gasteiger partial charge in [-0.2, -0.15) is 5.10 Å². The number of carbonyl (C=O) groups excluding carboxylic acids is 3. The van der Waals surface area contributed by atoms with Crippen LogP contribution in [0, 0.1) is 11.3 Å². The van der Waals surface area contributed by atoms with E-state index >= 15 is 0 Å². The summed E-state index contributed by atoms with van der Waals surface area (Å²) in [5.74, 6) is -0.619. The van der Waals surface area contributed by atoms with Crippen LogP contribution >= 0.6 is 0 Å². The van der Waals surface area contributed by atoms with Crippen molar-refractivity contribution in [3.63, 3.8) is 0 Å². The number of amides is 3. The number of nitrogens with two attached hydrogens (primary N) is 1. The molecule has 5 rings (SSSR count). The standard InChI is InChI=1S/C24H31N5O4/c1-24(2)10-14(9-15(30)11-24)26-23(33)19-8-13-7-18(13)29(19)20(31)12-28-17-6-4-3-5-16(17)21(27-28)22(25)32/h3-6,13-15,18-19,30H,7-12H2,1-2H3,(H2,25,32)(H,26,33)/t13-,14-,15-,18-,19+/m1/s1. The number of rotatable bonds is 5. The summed E-state index contributed by atoms with van der Waals surface area (Å²) >= 11 is 0. The quantitative estimate of drug-likeness (QED) is 0.626. The number of piperidine rings is 1. The van der Waals surface area contributed by atoms with Crippen LogP contribution in [0.25, 0.3) is 10.9 Å². The van der Waals surface area contributed by atoms with Crippen molar-refractivity contribution in [2.24, 2.45) is 17.1 Å². The second kappa shape index (κ2) is 7.83. The second-order valence-corrected chi connectivity index (χ2v) is 10.7. The lowest BCUT2D eigenvalue weighted by Crippen LogP contribution is -2.53. The minimum absolute atomic E-state index is 0.0395. The Bertz CT molecular complexity index is 1130. The molecular formula is C24H31N5O4. The van der Waals surface area contributed by atoms with Gasteiger partial charge in [0.05, 0.1) is 11.6 Å². The lowest BCUT2D eigenvalue weighted by atomic mass is 9.73. The van der Waals surface area contributed by atoms with Gasteiger partial charge in [0.15, 0.2) is 5.69 Å². The molecular weight excluding hydrogens is 422 g/mol. The number of hydrogen-bond acceptors (Lipinski definition) is 5. The molecule has 1 aliphatic heterocycles. The number of hydrogen-bond donors (Lipinski definition) is 3. The molecule has 2 aliphatic carbocycles. The molecule has 33 heavy (non-hydrogen) atoms. The molecule has 1 aromatic heterocycles. The van der Waals surface area contributed by atoms with E-state index in [-0.39, 0.29) is 41.6 Å². The average Bonchev–Trinajstić information content (AvgIpc) is 3.22. The molecule has 1 aromatic carbocycles. The Balaban J connectivity index is 1.33. The number of aliphatic hydroxyl groups is 1. The van der Waals surface area contributed by atoms with Crippen molar-refractivity contribution < 1.29 is 19.5 Å². The summed E-state index contributed by atoms with van der Waals surface area (Å²) in [6, 6.07) is 6.64. The topological polar surface area (TPSA) is 131 Å². The maximum atomic E-state index is 13.4. The maximum Gasteiger partial charge on any atom is 0.269 e. The van der Waals surface area contributed by atoms with Gasteiger partial charge < -0.3 is 21.1 Å². The van der Waals surface area contributed by atoms with E-state index < -0.39 is 18.1 Å². The molecule has 3 aliphatic rings. The van der Waals surface area contributed by atoms with Gasteiger partial charge in [-0.1, -0.05) is 32.0 Å². The van der Waals surface area contributed by atoms with Crippen LogP contribution < -0.4 is 11.1 Å². The number of fused-ring (bicyclic) bond motifs is 2. The molecule has 0 unspecified atom stereocenters. The van der Waals surface area contributed by atoms with Crippen molar-refractivity contribution in [1.29, 1.82) is 0 Å². The van der Waals surface area contributed by atoms with E-state index in [4.69, 9.17) is 5.73 Å². The molecule has 0 radical (unpaired) electrons. The summed E-state index contributed by atoms with van der Waals surface area (Å²) in [6.45, 7) is 4.14. The molecule has 1 saturated heterocycles. The highest BCUT2D eigenvalue weighted by molar-refractivity contribution is 6.04. The molecule has 9 heteroatoms. The third-order valence-corrected chi connectivity index (χ3v) is 7.36. The van der Waals surface area contributed by atoms with Crippen LogP contribution in [0.1, 0.15) is 56.4 Å². The Morgan fingerprint density at radius 2 is 1.94 bits per heavy atom. The van der Waals surface area contributed by atoms with Crippen molar-refractivity contribution in [2.75, 3.05) is 0 Å². The lowest BCUT2D eigenvalue weighted by molar-refractivity contribution is -0.141. The first-order chi connectivity index (χ1) is 15.6. The van der Waals surface area contributed by atoms with E-state index in [1.54, 1.807) is 23.1 Å². The third-order valence-electron chi connectivity index (χ3n) is 7.36. The predicted octanol–water partition coefficient (Wildman–Crippen LogP) is 1.18. The van der Waals surface area contributed by atoms with Gasteiger partial charge in [0, 0.05) is 17.5 Å². The zero-order valence-corrected chi connectivity index (χ0v) is 19.0. The number of nitrogens with one attached hydrogen (secondary N) is 1. The fourth-order valence-corrected chi connectivity index (χ4v) is 5.98. The predicted molar refractivity (Wildman–Crippen MR) is 121 cm³/mol. The molecule has 9 nitrogen and oxygen atoms in total. The van der Waals surface area contributed by atoms with Gasteiger partial charge in [0.25, 0.3) is 5.91 Å². The average molecular weight is 454 g/mol.